The second kappa shape index (κ2) is 14.2. The van der Waals surface area contributed by atoms with Crippen LogP contribution in [-0.2, 0) is 11.3 Å². The van der Waals surface area contributed by atoms with Crippen molar-refractivity contribution < 1.29 is 31.5 Å². The quantitative estimate of drug-likeness (QED) is 0.196. The van der Waals surface area contributed by atoms with Crippen LogP contribution in [0.25, 0.3) is 0 Å². The van der Waals surface area contributed by atoms with Crippen molar-refractivity contribution in [3.8, 4) is 0 Å². The van der Waals surface area contributed by atoms with Crippen LogP contribution in [0.1, 0.15) is 81.0 Å². The molecule has 2 saturated heterocycles. The van der Waals surface area contributed by atoms with Crippen LogP contribution in [0.15, 0.2) is 23.5 Å². The molecule has 2 amide bonds. The molecule has 3 fully saturated rings. The summed E-state index contributed by atoms with van der Waals surface area (Å²) in [6.45, 7) is 3.40. The van der Waals surface area contributed by atoms with Crippen LogP contribution >= 0.6 is 0 Å². The number of nitrogens with one attached hydrogen (secondary N) is 4. The lowest BCUT2D eigenvalue weighted by Gasteiger charge is -2.32. The van der Waals surface area contributed by atoms with E-state index in [2.05, 4.69) is 37.6 Å². The summed E-state index contributed by atoms with van der Waals surface area (Å²) < 4.78 is 70.0. The Labute approximate surface area is 269 Å². The van der Waals surface area contributed by atoms with Crippen LogP contribution in [0.3, 0.4) is 0 Å². The van der Waals surface area contributed by atoms with Crippen molar-refractivity contribution in [3.05, 3.63) is 29.8 Å². The number of alkyl halides is 5. The zero-order chi connectivity index (χ0) is 33.9. The van der Waals surface area contributed by atoms with Gasteiger partial charge in [-0.2, -0.15) is 18.3 Å². The number of aryl methyl sites for hydroxylation is 1. The van der Waals surface area contributed by atoms with Gasteiger partial charge in [0.1, 0.15) is 5.69 Å². The van der Waals surface area contributed by atoms with Crippen molar-refractivity contribution in [1.29, 1.82) is 5.41 Å². The highest BCUT2D eigenvalue weighted by Gasteiger charge is 2.45. The summed E-state index contributed by atoms with van der Waals surface area (Å²) >= 11 is 0. The number of halogens is 5. The van der Waals surface area contributed by atoms with Crippen molar-refractivity contribution in [1.82, 2.24) is 35.3 Å². The number of aromatic amines is 1. The summed E-state index contributed by atoms with van der Waals surface area (Å²) in [5, 5.41) is 18.4. The van der Waals surface area contributed by atoms with Gasteiger partial charge in [0.2, 0.25) is 11.9 Å². The van der Waals surface area contributed by atoms with Crippen molar-refractivity contribution in [2.24, 2.45) is 28.7 Å². The Morgan fingerprint density at radius 1 is 1.26 bits per heavy atom. The van der Waals surface area contributed by atoms with E-state index in [1.807, 2.05) is 6.92 Å². The second-order valence-corrected chi connectivity index (χ2v) is 13.1. The molecule has 3 atom stereocenters. The zero-order valence-electron chi connectivity index (χ0n) is 26.5. The van der Waals surface area contributed by atoms with Crippen molar-refractivity contribution in [2.45, 2.75) is 83.5 Å². The molecule has 0 bridgehead atoms. The summed E-state index contributed by atoms with van der Waals surface area (Å²) in [5.74, 6) is -5.94. The minimum absolute atomic E-state index is 0.0319. The molecule has 2 aromatic heterocycles. The van der Waals surface area contributed by atoms with Crippen molar-refractivity contribution in [2.75, 3.05) is 26.2 Å². The molecule has 0 unspecified atom stereocenters. The number of hydrogen-bond acceptors (Lipinski definition) is 7. The van der Waals surface area contributed by atoms with Crippen LogP contribution in [0.4, 0.5) is 27.9 Å². The fourth-order valence-electron chi connectivity index (χ4n) is 6.77. The number of rotatable bonds is 11. The molecule has 5 rings (SSSR count). The predicted octanol–water partition coefficient (Wildman–Crippen LogP) is 5.06. The first-order chi connectivity index (χ1) is 22.2. The molecule has 258 valence electrons. The molecule has 2 aliphatic heterocycles. The molecule has 4 N–H and O–H groups in total. The normalized spacial score (nSPS) is 26.2. The number of amides is 2. The SMILES string of the molecule is CCn1nccc1C(=O)N[C@H](c1cnc(/N=C(/CN2CCC(F)(F)C2)C(=N)C[C@H]2C[C@@H](C(F)(F)F)CNC2=O)[nH]1)C1CCC(C)CC1. The summed E-state index contributed by atoms with van der Waals surface area (Å²) in [5.41, 5.74) is 0.805. The first-order valence-electron chi connectivity index (χ1n) is 16.2. The monoisotopic (exact) mass is 667 g/mol. The van der Waals surface area contributed by atoms with E-state index in [0.717, 1.165) is 25.7 Å². The van der Waals surface area contributed by atoms with Gasteiger partial charge in [0, 0.05) is 51.1 Å². The van der Waals surface area contributed by atoms with Gasteiger partial charge in [-0.1, -0.05) is 19.8 Å². The standard InChI is InChI=1S/C31H42F5N9O2/c1-3-45-25(8-10-40-45)28(47)43-26(19-6-4-18(2)5-7-19)23-15-39-29(41-23)42-24(16-44-11-9-30(32,33)17-44)22(37)13-20-12-21(31(34,35)36)14-38-27(20)46/h8,10,15,18-21,26,37H,3-7,9,11-14,16-17H2,1-2H3,(H,38,46)(H,39,41)(H,43,47)/b37-22?,42-24-/t18?,19?,20-,21-,26+/m1/s1. The van der Waals surface area contributed by atoms with Gasteiger partial charge >= 0.3 is 6.18 Å². The maximum Gasteiger partial charge on any atom is 0.393 e. The van der Waals surface area contributed by atoms with E-state index < -0.39 is 55.4 Å². The maximum absolute atomic E-state index is 14.0. The second-order valence-electron chi connectivity index (χ2n) is 13.1. The Kier molecular flexibility index (Phi) is 10.5. The van der Waals surface area contributed by atoms with Gasteiger partial charge in [-0.3, -0.25) is 19.2 Å². The maximum atomic E-state index is 14.0. The Hall–Kier alpha value is -3.69. The third-order valence-electron chi connectivity index (χ3n) is 9.57. The van der Waals surface area contributed by atoms with Crippen LogP contribution in [0.2, 0.25) is 0 Å². The number of nitrogens with zero attached hydrogens (tertiary/aromatic N) is 5. The van der Waals surface area contributed by atoms with E-state index in [-0.39, 0.29) is 55.1 Å². The molecule has 47 heavy (non-hydrogen) atoms. The average Bonchev–Trinajstić information content (AvgIpc) is 3.76. The zero-order valence-corrected chi connectivity index (χ0v) is 26.5. The minimum atomic E-state index is -4.50. The number of imidazole rings is 1. The largest absolute Gasteiger partial charge is 0.393 e. The number of carbonyl (C=O) groups excluding carboxylic acids is 2. The molecule has 11 nitrogen and oxygen atoms in total. The molecule has 3 aliphatic rings. The Bertz CT molecular complexity index is 1460. The number of hydrogen-bond donors (Lipinski definition) is 4. The highest BCUT2D eigenvalue weighted by atomic mass is 19.4. The number of carbonyl (C=O) groups is 2. The number of H-pyrrole nitrogens is 1. The molecule has 1 aliphatic carbocycles. The predicted molar refractivity (Wildman–Crippen MR) is 164 cm³/mol. The molecular weight excluding hydrogens is 625 g/mol. The van der Waals surface area contributed by atoms with Gasteiger partial charge in [-0.25, -0.2) is 18.8 Å². The third kappa shape index (κ3) is 8.62. The van der Waals surface area contributed by atoms with Gasteiger partial charge in [0.25, 0.3) is 11.8 Å². The van der Waals surface area contributed by atoms with Crippen molar-refractivity contribution in [3.63, 3.8) is 0 Å². The first-order valence-corrected chi connectivity index (χ1v) is 16.2. The Morgan fingerprint density at radius 3 is 2.66 bits per heavy atom. The Morgan fingerprint density at radius 2 is 2.00 bits per heavy atom. The van der Waals surface area contributed by atoms with Gasteiger partial charge in [0.15, 0.2) is 0 Å². The van der Waals surface area contributed by atoms with Crippen molar-refractivity contribution >= 4 is 29.2 Å². The van der Waals surface area contributed by atoms with E-state index in [9.17, 15) is 31.5 Å². The lowest BCUT2D eigenvalue weighted by atomic mass is 9.78. The van der Waals surface area contributed by atoms with Gasteiger partial charge in [0.05, 0.1) is 41.8 Å². The summed E-state index contributed by atoms with van der Waals surface area (Å²) in [4.78, 5) is 39.3. The molecule has 2 aromatic rings. The van der Waals surface area contributed by atoms with Crippen LogP contribution < -0.4 is 10.6 Å². The highest BCUT2D eigenvalue weighted by Crippen LogP contribution is 2.37. The smallest absolute Gasteiger partial charge is 0.355 e. The summed E-state index contributed by atoms with van der Waals surface area (Å²) in [7, 11) is 0. The number of aromatic nitrogens is 4. The molecule has 0 aromatic carbocycles. The first kappa shape index (κ1) is 34.6. The van der Waals surface area contributed by atoms with E-state index in [1.54, 1.807) is 23.1 Å². The summed E-state index contributed by atoms with van der Waals surface area (Å²) in [6.07, 6.45) is 1.16. The van der Waals surface area contributed by atoms with Crippen LogP contribution in [0, 0.1) is 29.1 Å². The number of likely N-dealkylation sites (tertiary alicyclic amines) is 1. The fraction of sp³-hybridized carbons (Fsp3) is 0.677. The molecule has 0 radical (unpaired) electrons. The van der Waals surface area contributed by atoms with Gasteiger partial charge < -0.3 is 21.0 Å². The topological polar surface area (TPSA) is 144 Å². The number of piperidine rings is 1. The van der Waals surface area contributed by atoms with Gasteiger partial charge in [-0.05, 0) is 44.1 Å². The van der Waals surface area contributed by atoms with Gasteiger partial charge in [-0.15, -0.1) is 0 Å². The van der Waals surface area contributed by atoms with E-state index >= 15 is 0 Å². The minimum Gasteiger partial charge on any atom is -0.355 e. The van der Waals surface area contributed by atoms with E-state index in [4.69, 9.17) is 5.41 Å². The van der Waals surface area contributed by atoms with E-state index in [0.29, 0.717) is 23.9 Å². The molecular formula is C31H42F5N9O2. The summed E-state index contributed by atoms with van der Waals surface area (Å²) in [6, 6.07) is 1.20. The lowest BCUT2D eigenvalue weighted by molar-refractivity contribution is -0.183. The average molecular weight is 668 g/mol. The molecule has 1 saturated carbocycles. The number of aliphatic imine (C=N–C) groups is 1. The third-order valence-corrected chi connectivity index (χ3v) is 9.57. The van der Waals surface area contributed by atoms with Crippen LogP contribution in [0.5, 0.6) is 0 Å². The molecule has 16 heteroatoms. The molecule has 4 heterocycles. The van der Waals surface area contributed by atoms with Crippen LogP contribution in [-0.4, -0.2) is 86.2 Å². The molecule has 0 spiro atoms. The Balaban J connectivity index is 1.40. The highest BCUT2D eigenvalue weighted by molar-refractivity contribution is 6.42. The lowest BCUT2D eigenvalue weighted by Crippen LogP contribution is -2.47. The fourth-order valence-corrected chi connectivity index (χ4v) is 6.77. The van der Waals surface area contributed by atoms with E-state index in [1.165, 1.54) is 4.90 Å².